The van der Waals surface area contributed by atoms with E-state index in [1.165, 1.54) is 135 Å². The van der Waals surface area contributed by atoms with E-state index in [0.29, 0.717) is 37.5 Å². The molecular weight excluding hydrogens is 679 g/mol. The summed E-state index contributed by atoms with van der Waals surface area (Å²) in [4.78, 5) is 43.7. The predicted octanol–water partition coefficient (Wildman–Crippen LogP) is 11.8. The minimum Gasteiger partial charge on any atom is -0.466 e. The lowest BCUT2D eigenvalue weighted by Crippen LogP contribution is -2.50. The van der Waals surface area contributed by atoms with E-state index in [2.05, 4.69) is 31.0 Å². The smallest absolute Gasteiger partial charge is 0.306 e. The molecule has 2 amide bonds. The van der Waals surface area contributed by atoms with Crippen molar-refractivity contribution in [3.05, 3.63) is 0 Å². The minimum atomic E-state index is -0.541. The Morgan fingerprint density at radius 1 is 0.547 bits per heavy atom. The number of carbonyl (C=O) groups excluding carboxylic acids is 3. The van der Waals surface area contributed by atoms with Gasteiger partial charge in [-0.1, -0.05) is 175 Å². The zero-order valence-electron chi connectivity index (χ0n) is 36.1. The van der Waals surface area contributed by atoms with E-state index in [9.17, 15) is 14.4 Å². The first-order valence-electron chi connectivity index (χ1n) is 22.7. The van der Waals surface area contributed by atoms with Gasteiger partial charge in [-0.15, -0.1) is 0 Å². The third-order valence-corrected chi connectivity index (χ3v) is 11.6. The molecule has 0 aromatic carbocycles. The van der Waals surface area contributed by atoms with Crippen molar-refractivity contribution in [2.24, 2.45) is 5.92 Å². The third kappa shape index (κ3) is 33.8. The standard InChI is InChI=1S/C45H89N3O4S/c1-7-10-13-16-19-21-22-23-25-28-31-38-52-43(49)35-40-53-39-34-42(45(51)48(6)37-36-47(4)5)46-44(50)41(32-29-26-18-15-12-9-3)33-30-27-24-20-17-14-11-8-2/h41-42H,7-40H2,1-6H3,(H,46,50). The van der Waals surface area contributed by atoms with Crippen molar-refractivity contribution in [1.82, 2.24) is 15.1 Å². The van der Waals surface area contributed by atoms with Crippen molar-refractivity contribution in [2.75, 3.05) is 52.3 Å². The molecule has 0 aliphatic carbocycles. The maximum Gasteiger partial charge on any atom is 0.306 e. The van der Waals surface area contributed by atoms with E-state index >= 15 is 0 Å². The van der Waals surface area contributed by atoms with Crippen molar-refractivity contribution < 1.29 is 19.1 Å². The van der Waals surface area contributed by atoms with Gasteiger partial charge in [-0.2, -0.15) is 11.8 Å². The van der Waals surface area contributed by atoms with Crippen LogP contribution in [0.5, 0.6) is 0 Å². The summed E-state index contributed by atoms with van der Waals surface area (Å²) < 4.78 is 5.50. The Bertz CT molecular complexity index is 843. The molecule has 0 aliphatic heterocycles. The van der Waals surface area contributed by atoms with Gasteiger partial charge >= 0.3 is 5.97 Å². The Labute approximate surface area is 334 Å². The van der Waals surface area contributed by atoms with Crippen molar-refractivity contribution in [1.29, 1.82) is 0 Å². The van der Waals surface area contributed by atoms with Gasteiger partial charge in [0.2, 0.25) is 11.8 Å². The molecule has 0 aromatic rings. The van der Waals surface area contributed by atoms with Gasteiger partial charge in [-0.3, -0.25) is 14.4 Å². The van der Waals surface area contributed by atoms with E-state index < -0.39 is 6.04 Å². The summed E-state index contributed by atoms with van der Waals surface area (Å²) in [7, 11) is 5.86. The fourth-order valence-corrected chi connectivity index (χ4v) is 7.78. The number of ether oxygens (including phenoxy) is 1. The van der Waals surface area contributed by atoms with Gasteiger partial charge in [0.05, 0.1) is 13.0 Å². The van der Waals surface area contributed by atoms with Crippen LogP contribution < -0.4 is 5.32 Å². The number of likely N-dealkylation sites (N-methyl/N-ethyl adjacent to an activating group) is 2. The summed E-state index contributed by atoms with van der Waals surface area (Å²) in [6.45, 7) is 8.68. The number of rotatable bonds is 40. The number of nitrogens with one attached hydrogen (secondary N) is 1. The highest BCUT2D eigenvalue weighted by Gasteiger charge is 2.27. The second-order valence-corrected chi connectivity index (χ2v) is 17.3. The van der Waals surface area contributed by atoms with Gasteiger partial charge in [0.15, 0.2) is 0 Å². The summed E-state index contributed by atoms with van der Waals surface area (Å²) in [6.07, 6.45) is 34.2. The first-order valence-corrected chi connectivity index (χ1v) is 23.9. The van der Waals surface area contributed by atoms with Crippen LogP contribution in [0.25, 0.3) is 0 Å². The molecule has 0 saturated heterocycles. The molecule has 2 atom stereocenters. The van der Waals surface area contributed by atoms with Crippen LogP contribution in [0.1, 0.15) is 207 Å². The van der Waals surface area contributed by atoms with Gasteiger partial charge in [0, 0.05) is 31.8 Å². The van der Waals surface area contributed by atoms with Crippen LogP contribution in [0.15, 0.2) is 0 Å². The monoisotopic (exact) mass is 768 g/mol. The fraction of sp³-hybridized carbons (Fsp3) is 0.933. The van der Waals surface area contributed by atoms with Crippen molar-refractivity contribution in [3.8, 4) is 0 Å². The maximum atomic E-state index is 13.8. The number of esters is 1. The molecule has 314 valence electrons. The molecule has 8 heteroatoms. The Morgan fingerprint density at radius 2 is 0.981 bits per heavy atom. The van der Waals surface area contributed by atoms with Gasteiger partial charge < -0.3 is 19.9 Å². The van der Waals surface area contributed by atoms with Crippen LogP contribution >= 0.6 is 11.8 Å². The average Bonchev–Trinajstić information content (AvgIpc) is 3.14. The Kier molecular flexibility index (Phi) is 38.0. The number of amides is 2. The Morgan fingerprint density at radius 3 is 1.43 bits per heavy atom. The van der Waals surface area contributed by atoms with Crippen LogP contribution in [0.4, 0.5) is 0 Å². The van der Waals surface area contributed by atoms with E-state index in [1.54, 1.807) is 16.7 Å². The van der Waals surface area contributed by atoms with Gasteiger partial charge in [0.1, 0.15) is 6.04 Å². The molecule has 0 heterocycles. The van der Waals surface area contributed by atoms with Crippen LogP contribution in [-0.2, 0) is 19.1 Å². The minimum absolute atomic E-state index is 0.0161. The molecule has 2 unspecified atom stereocenters. The first kappa shape index (κ1) is 51.7. The van der Waals surface area contributed by atoms with E-state index in [0.717, 1.165) is 45.1 Å². The molecule has 0 spiro atoms. The second kappa shape index (κ2) is 39.0. The highest BCUT2D eigenvalue weighted by Crippen LogP contribution is 2.21. The largest absolute Gasteiger partial charge is 0.466 e. The van der Waals surface area contributed by atoms with Crippen LogP contribution in [0.3, 0.4) is 0 Å². The van der Waals surface area contributed by atoms with Crippen LogP contribution in [0.2, 0.25) is 0 Å². The average molecular weight is 768 g/mol. The molecule has 0 fully saturated rings. The zero-order valence-corrected chi connectivity index (χ0v) is 36.9. The number of carbonyl (C=O) groups is 3. The number of unbranched alkanes of at least 4 members (excludes halogenated alkanes) is 22. The number of hydrogen-bond acceptors (Lipinski definition) is 6. The first-order chi connectivity index (χ1) is 25.8. The summed E-state index contributed by atoms with van der Waals surface area (Å²) >= 11 is 1.67. The van der Waals surface area contributed by atoms with E-state index in [-0.39, 0.29) is 23.7 Å². The number of nitrogens with zero attached hydrogens (tertiary/aromatic N) is 2. The summed E-state index contributed by atoms with van der Waals surface area (Å²) in [5.74, 6) is 1.25. The lowest BCUT2D eigenvalue weighted by molar-refractivity contribution is -0.143. The molecular formula is C45H89N3O4S. The van der Waals surface area contributed by atoms with Gasteiger partial charge in [0.25, 0.3) is 0 Å². The zero-order chi connectivity index (χ0) is 39.2. The summed E-state index contributed by atoms with van der Waals surface area (Å²) in [5, 5.41) is 3.24. The van der Waals surface area contributed by atoms with Gasteiger partial charge in [-0.05, 0) is 45.5 Å². The van der Waals surface area contributed by atoms with Crippen molar-refractivity contribution in [2.45, 2.75) is 213 Å². The molecule has 53 heavy (non-hydrogen) atoms. The molecule has 7 nitrogen and oxygen atoms in total. The molecule has 0 saturated carbocycles. The summed E-state index contributed by atoms with van der Waals surface area (Å²) in [6, 6.07) is -0.541. The molecule has 0 aromatic heterocycles. The van der Waals surface area contributed by atoms with E-state index in [4.69, 9.17) is 4.74 Å². The Hall–Kier alpha value is -1.28. The molecule has 0 bridgehead atoms. The highest BCUT2D eigenvalue weighted by molar-refractivity contribution is 7.99. The molecule has 0 rings (SSSR count). The topological polar surface area (TPSA) is 78.9 Å². The number of thioether (sulfide) groups is 1. The van der Waals surface area contributed by atoms with Crippen LogP contribution in [0, 0.1) is 5.92 Å². The fourth-order valence-electron chi connectivity index (χ4n) is 6.86. The third-order valence-electron chi connectivity index (χ3n) is 10.6. The normalized spacial score (nSPS) is 12.6. The lowest BCUT2D eigenvalue weighted by Gasteiger charge is -2.27. The van der Waals surface area contributed by atoms with Crippen LogP contribution in [-0.4, -0.2) is 86.0 Å². The molecule has 1 N–H and O–H groups in total. The summed E-state index contributed by atoms with van der Waals surface area (Å²) in [5.41, 5.74) is 0. The molecule has 0 radical (unpaired) electrons. The number of hydrogen-bond donors (Lipinski definition) is 1. The Balaban J connectivity index is 4.82. The maximum absolute atomic E-state index is 13.8. The highest BCUT2D eigenvalue weighted by atomic mass is 32.2. The molecule has 0 aliphatic rings. The quantitative estimate of drug-likeness (QED) is 0.0494. The second-order valence-electron chi connectivity index (χ2n) is 16.0. The van der Waals surface area contributed by atoms with Crippen molar-refractivity contribution in [3.63, 3.8) is 0 Å². The lowest BCUT2D eigenvalue weighted by atomic mass is 9.92. The van der Waals surface area contributed by atoms with Gasteiger partial charge in [-0.25, -0.2) is 0 Å². The van der Waals surface area contributed by atoms with Crippen molar-refractivity contribution >= 4 is 29.5 Å². The SMILES string of the molecule is CCCCCCCCCCCCCOC(=O)CCSCCC(NC(=O)C(CCCCCCCC)CCCCCCCCCC)C(=O)N(C)CCN(C)C. The van der Waals surface area contributed by atoms with E-state index in [1.807, 2.05) is 21.1 Å². The predicted molar refractivity (Wildman–Crippen MR) is 231 cm³/mol.